The fourth-order valence-electron chi connectivity index (χ4n) is 3.98. The zero-order valence-electron chi connectivity index (χ0n) is 13.4. The van der Waals surface area contributed by atoms with Gasteiger partial charge in [-0.15, -0.1) is 0 Å². The van der Waals surface area contributed by atoms with Crippen molar-refractivity contribution in [1.29, 1.82) is 0 Å². The zero-order valence-corrected chi connectivity index (χ0v) is 13.4. The van der Waals surface area contributed by atoms with Crippen LogP contribution in [-0.4, -0.2) is 11.9 Å². The summed E-state index contributed by atoms with van der Waals surface area (Å²) in [5, 5.41) is 5.22. The van der Waals surface area contributed by atoms with Crippen molar-refractivity contribution >= 4 is 11.9 Å². The van der Waals surface area contributed by atoms with Gasteiger partial charge in [0.1, 0.15) is 0 Å². The lowest BCUT2D eigenvalue weighted by Crippen LogP contribution is -2.44. The molecule has 4 heteroatoms. The van der Waals surface area contributed by atoms with Crippen molar-refractivity contribution in [3.05, 3.63) is 71.3 Å². The number of carbonyl (C=O) groups is 2. The summed E-state index contributed by atoms with van der Waals surface area (Å²) < 4.78 is 0. The van der Waals surface area contributed by atoms with E-state index in [4.69, 9.17) is 0 Å². The van der Waals surface area contributed by atoms with Crippen molar-refractivity contribution in [1.82, 2.24) is 10.6 Å². The van der Waals surface area contributed by atoms with Gasteiger partial charge in [-0.1, -0.05) is 67.4 Å². The first-order valence-corrected chi connectivity index (χ1v) is 8.50. The Balaban J connectivity index is 1.77. The molecule has 24 heavy (non-hydrogen) atoms. The highest BCUT2D eigenvalue weighted by molar-refractivity contribution is 6.09. The number of urea groups is 1. The first kappa shape index (κ1) is 14.9. The van der Waals surface area contributed by atoms with Crippen molar-refractivity contribution in [2.45, 2.75) is 37.1 Å². The molecule has 4 nitrogen and oxygen atoms in total. The van der Waals surface area contributed by atoms with Gasteiger partial charge in [0.2, 0.25) is 0 Å². The minimum absolute atomic E-state index is 0.327. The van der Waals surface area contributed by atoms with Gasteiger partial charge in [0.15, 0.2) is 5.54 Å². The predicted octanol–water partition coefficient (Wildman–Crippen LogP) is 3.43. The van der Waals surface area contributed by atoms with Crippen LogP contribution in [0.5, 0.6) is 0 Å². The Hall–Kier alpha value is -2.62. The van der Waals surface area contributed by atoms with Crippen molar-refractivity contribution in [3.8, 4) is 0 Å². The lowest BCUT2D eigenvalue weighted by atomic mass is 9.82. The van der Waals surface area contributed by atoms with Gasteiger partial charge in [-0.3, -0.25) is 10.1 Å². The molecule has 122 valence electrons. The molecule has 1 aliphatic heterocycles. The van der Waals surface area contributed by atoms with E-state index < -0.39 is 11.6 Å². The topological polar surface area (TPSA) is 58.2 Å². The highest BCUT2D eigenvalue weighted by Crippen LogP contribution is 2.37. The molecule has 2 aliphatic rings. The monoisotopic (exact) mass is 320 g/mol. The number of carbonyl (C=O) groups excluding carboxylic acids is 2. The smallest absolute Gasteiger partial charge is 0.316 e. The molecule has 2 aromatic rings. The zero-order chi connectivity index (χ0) is 16.6. The fraction of sp³-hybridized carbons (Fsp3) is 0.300. The van der Waals surface area contributed by atoms with Gasteiger partial charge in [-0.25, -0.2) is 4.79 Å². The Labute approximate surface area is 141 Å². The molecule has 0 bridgehead atoms. The van der Waals surface area contributed by atoms with E-state index in [0.29, 0.717) is 5.92 Å². The number of benzene rings is 2. The summed E-state index contributed by atoms with van der Waals surface area (Å²) in [5.74, 6) is 0.297. The van der Waals surface area contributed by atoms with Crippen molar-refractivity contribution in [2.75, 3.05) is 0 Å². The maximum absolute atomic E-state index is 12.7. The molecule has 1 aliphatic carbocycles. The second kappa shape index (κ2) is 5.78. The van der Waals surface area contributed by atoms with Gasteiger partial charge in [0.05, 0.1) is 0 Å². The van der Waals surface area contributed by atoms with E-state index in [1.54, 1.807) is 0 Å². The maximum Gasteiger partial charge on any atom is 0.322 e. The third kappa shape index (κ3) is 2.30. The van der Waals surface area contributed by atoms with Crippen molar-refractivity contribution in [3.63, 3.8) is 0 Å². The van der Waals surface area contributed by atoms with Crippen LogP contribution in [0.1, 0.15) is 48.3 Å². The van der Waals surface area contributed by atoms with E-state index >= 15 is 0 Å². The summed E-state index contributed by atoms with van der Waals surface area (Å²) in [6.07, 6.45) is 5.05. The molecular formula is C20H20N2O2. The van der Waals surface area contributed by atoms with Crippen LogP contribution in [0.2, 0.25) is 0 Å². The Morgan fingerprint density at radius 3 is 2.04 bits per heavy atom. The molecule has 2 fully saturated rings. The van der Waals surface area contributed by atoms with Crippen LogP contribution >= 0.6 is 0 Å². The van der Waals surface area contributed by atoms with Crippen LogP contribution in [0.25, 0.3) is 0 Å². The molecule has 1 heterocycles. The molecule has 2 N–H and O–H groups in total. The summed E-state index contributed by atoms with van der Waals surface area (Å²) in [7, 11) is 0. The molecule has 1 atom stereocenters. The van der Waals surface area contributed by atoms with E-state index in [2.05, 4.69) is 22.8 Å². The molecule has 4 rings (SSSR count). The number of amides is 3. The second-order valence-electron chi connectivity index (χ2n) is 6.63. The van der Waals surface area contributed by atoms with Gasteiger partial charge in [0.25, 0.3) is 5.91 Å². The van der Waals surface area contributed by atoms with Gasteiger partial charge in [-0.05, 0) is 35.4 Å². The second-order valence-corrected chi connectivity index (χ2v) is 6.63. The minimum Gasteiger partial charge on any atom is -0.316 e. The first-order valence-electron chi connectivity index (χ1n) is 8.50. The van der Waals surface area contributed by atoms with Crippen LogP contribution in [0.15, 0.2) is 54.6 Å². The fourth-order valence-corrected chi connectivity index (χ4v) is 3.98. The molecule has 0 aromatic heterocycles. The minimum atomic E-state index is -1.15. The molecule has 3 amide bonds. The molecule has 0 radical (unpaired) electrons. The highest BCUT2D eigenvalue weighted by Gasteiger charge is 2.49. The standard InChI is InChI=1S/C20H20N2O2/c23-18-20(22-19(24)21-18,16-8-2-1-3-9-16)17-12-10-15(11-13-17)14-6-4-5-7-14/h1-3,8-14H,4-7H2,(H2,21,22,23,24). The maximum atomic E-state index is 12.7. The number of rotatable bonds is 3. The number of hydrogen-bond donors (Lipinski definition) is 2. The summed E-state index contributed by atoms with van der Waals surface area (Å²) >= 11 is 0. The average molecular weight is 320 g/mol. The lowest BCUT2D eigenvalue weighted by Gasteiger charge is -2.27. The lowest BCUT2D eigenvalue weighted by molar-refractivity contribution is -0.122. The molecule has 0 spiro atoms. The largest absolute Gasteiger partial charge is 0.322 e. The van der Waals surface area contributed by atoms with E-state index in [-0.39, 0.29) is 5.91 Å². The Kier molecular flexibility index (Phi) is 3.60. The number of imide groups is 1. The van der Waals surface area contributed by atoms with Crippen LogP contribution in [0, 0.1) is 0 Å². The van der Waals surface area contributed by atoms with E-state index in [1.165, 1.54) is 31.2 Å². The Bertz CT molecular complexity index is 764. The van der Waals surface area contributed by atoms with Gasteiger partial charge < -0.3 is 5.32 Å². The molecule has 2 aromatic carbocycles. The van der Waals surface area contributed by atoms with Crippen LogP contribution in [0.3, 0.4) is 0 Å². The summed E-state index contributed by atoms with van der Waals surface area (Å²) in [5.41, 5.74) is 1.73. The highest BCUT2D eigenvalue weighted by atomic mass is 16.2. The van der Waals surface area contributed by atoms with E-state index in [0.717, 1.165) is 11.1 Å². The van der Waals surface area contributed by atoms with Gasteiger partial charge in [-0.2, -0.15) is 0 Å². The van der Waals surface area contributed by atoms with Gasteiger partial charge >= 0.3 is 6.03 Å². The summed E-state index contributed by atoms with van der Waals surface area (Å²) in [6, 6.07) is 17.1. The average Bonchev–Trinajstić information content (AvgIpc) is 3.24. The normalized spacial score (nSPS) is 24.0. The predicted molar refractivity (Wildman–Crippen MR) is 91.5 cm³/mol. The third-order valence-corrected chi connectivity index (χ3v) is 5.25. The molecule has 1 saturated carbocycles. The molecule has 1 unspecified atom stereocenters. The summed E-state index contributed by atoms with van der Waals surface area (Å²) in [6.45, 7) is 0. The van der Waals surface area contributed by atoms with Gasteiger partial charge in [0, 0.05) is 0 Å². The van der Waals surface area contributed by atoms with Crippen molar-refractivity contribution in [2.24, 2.45) is 0 Å². The first-order chi connectivity index (χ1) is 11.7. The molecular weight excluding hydrogens is 300 g/mol. The number of nitrogens with one attached hydrogen (secondary N) is 2. The van der Waals surface area contributed by atoms with Crippen LogP contribution < -0.4 is 10.6 Å². The SMILES string of the molecule is O=C1NC(=O)C(c2ccccc2)(c2ccc(C3CCCC3)cc2)N1. The van der Waals surface area contributed by atoms with E-state index in [9.17, 15) is 9.59 Å². The van der Waals surface area contributed by atoms with E-state index in [1.807, 2.05) is 42.5 Å². The summed E-state index contributed by atoms with van der Waals surface area (Å²) in [4.78, 5) is 24.5. The third-order valence-electron chi connectivity index (χ3n) is 5.25. The quantitative estimate of drug-likeness (QED) is 0.851. The van der Waals surface area contributed by atoms with Crippen molar-refractivity contribution < 1.29 is 9.59 Å². The molecule has 1 saturated heterocycles. The van der Waals surface area contributed by atoms with Crippen LogP contribution in [0.4, 0.5) is 4.79 Å². The Morgan fingerprint density at radius 1 is 0.833 bits per heavy atom. The van der Waals surface area contributed by atoms with Crippen LogP contribution in [-0.2, 0) is 10.3 Å². The Morgan fingerprint density at radius 2 is 1.46 bits per heavy atom. The number of hydrogen-bond acceptors (Lipinski definition) is 2.